The van der Waals surface area contributed by atoms with Gasteiger partial charge in [-0.1, -0.05) is 0 Å². The van der Waals surface area contributed by atoms with Crippen LogP contribution in [0.4, 0.5) is 4.79 Å². The molecule has 0 saturated heterocycles. The molecule has 0 bridgehead atoms. The molecule has 5 heteroatoms. The van der Waals surface area contributed by atoms with Crippen LogP contribution in [0, 0.1) is 0 Å². The largest absolute Gasteiger partial charge is 0.465 e. The first-order chi connectivity index (χ1) is 5.07. The Labute approximate surface area is 65.0 Å². The number of carbonyl (C=O) groups excluding carboxylic acids is 1. The Morgan fingerprint density at radius 1 is 1.55 bits per heavy atom. The van der Waals surface area contributed by atoms with Gasteiger partial charge in [-0.15, -0.1) is 0 Å². The first kappa shape index (κ1) is 9.74. The first-order valence-electron chi connectivity index (χ1n) is 3.28. The van der Waals surface area contributed by atoms with Gasteiger partial charge in [-0.2, -0.15) is 0 Å². The molecule has 0 saturated carbocycles. The van der Waals surface area contributed by atoms with E-state index in [4.69, 9.17) is 5.11 Å². The molecule has 0 aromatic carbocycles. The minimum atomic E-state index is -1.18. The molecular formula is C6H12N2O3. The minimum absolute atomic E-state index is 0.153. The van der Waals surface area contributed by atoms with Gasteiger partial charge in [0.2, 0.25) is 5.91 Å². The van der Waals surface area contributed by atoms with Crippen LogP contribution in [0.5, 0.6) is 0 Å². The van der Waals surface area contributed by atoms with Crippen molar-refractivity contribution in [2.45, 2.75) is 6.92 Å². The molecule has 2 N–H and O–H groups in total. The van der Waals surface area contributed by atoms with E-state index in [9.17, 15) is 9.59 Å². The number of amides is 2. The van der Waals surface area contributed by atoms with E-state index in [0.717, 1.165) is 0 Å². The lowest BCUT2D eigenvalue weighted by atomic mass is 10.5. The van der Waals surface area contributed by atoms with E-state index in [-0.39, 0.29) is 12.5 Å². The van der Waals surface area contributed by atoms with E-state index in [2.05, 4.69) is 0 Å². The highest BCUT2D eigenvalue weighted by atomic mass is 16.4. The summed E-state index contributed by atoms with van der Waals surface area (Å²) >= 11 is 0. The van der Waals surface area contributed by atoms with E-state index in [0.29, 0.717) is 6.54 Å². The molecule has 0 aliphatic rings. The van der Waals surface area contributed by atoms with Crippen LogP contribution in [-0.2, 0) is 4.79 Å². The van der Waals surface area contributed by atoms with Gasteiger partial charge >= 0.3 is 6.09 Å². The Hall–Kier alpha value is -1.26. The van der Waals surface area contributed by atoms with Gasteiger partial charge in [-0.25, -0.2) is 4.79 Å². The number of likely N-dealkylation sites (N-methyl/N-ethyl adjacent to an activating group) is 1. The van der Waals surface area contributed by atoms with E-state index in [1.165, 1.54) is 4.90 Å². The molecule has 0 rings (SSSR count). The smallest absolute Gasteiger partial charge is 0.405 e. The van der Waals surface area contributed by atoms with Crippen molar-refractivity contribution in [3.63, 3.8) is 0 Å². The third-order valence-electron chi connectivity index (χ3n) is 1.29. The van der Waals surface area contributed by atoms with E-state index in [1.807, 2.05) is 12.2 Å². The van der Waals surface area contributed by atoms with Crippen LogP contribution in [-0.4, -0.2) is 42.1 Å². The zero-order valence-corrected chi connectivity index (χ0v) is 6.63. The first-order valence-corrected chi connectivity index (χ1v) is 3.28. The summed E-state index contributed by atoms with van der Waals surface area (Å²) < 4.78 is 0. The minimum Gasteiger partial charge on any atom is -0.465 e. The number of hydrogen-bond donors (Lipinski definition) is 2. The summed E-state index contributed by atoms with van der Waals surface area (Å²) in [5, 5.41) is 10.1. The average molecular weight is 160 g/mol. The van der Waals surface area contributed by atoms with Gasteiger partial charge in [0.15, 0.2) is 0 Å². The molecule has 2 amide bonds. The number of nitrogens with zero attached hydrogens (tertiary/aromatic N) is 1. The highest BCUT2D eigenvalue weighted by Gasteiger charge is 2.06. The van der Waals surface area contributed by atoms with Gasteiger partial charge < -0.3 is 15.3 Å². The number of rotatable bonds is 3. The zero-order chi connectivity index (χ0) is 8.85. The van der Waals surface area contributed by atoms with Crippen molar-refractivity contribution < 1.29 is 14.7 Å². The lowest BCUT2D eigenvalue weighted by molar-refractivity contribution is -0.128. The highest BCUT2D eigenvalue weighted by Crippen LogP contribution is 1.80. The molecule has 0 aromatic rings. The molecule has 64 valence electrons. The molecule has 0 aliphatic heterocycles. The molecule has 0 radical (unpaired) electrons. The summed E-state index contributed by atoms with van der Waals surface area (Å²) in [6.07, 6.45) is -1.18. The summed E-state index contributed by atoms with van der Waals surface area (Å²) in [5.74, 6) is -0.227. The van der Waals surface area contributed by atoms with Gasteiger partial charge in [0.25, 0.3) is 0 Å². The van der Waals surface area contributed by atoms with Crippen molar-refractivity contribution in [2.75, 3.05) is 20.1 Å². The number of carboxylic acid groups (broad SMARTS) is 1. The molecule has 0 unspecified atom stereocenters. The molecule has 0 aromatic heterocycles. The third-order valence-corrected chi connectivity index (χ3v) is 1.29. The predicted octanol–water partition coefficient (Wildman–Crippen LogP) is -0.268. The van der Waals surface area contributed by atoms with Crippen molar-refractivity contribution in [1.29, 1.82) is 0 Å². The van der Waals surface area contributed by atoms with Gasteiger partial charge in [-0.3, -0.25) is 4.79 Å². The molecule has 0 fully saturated rings. The van der Waals surface area contributed by atoms with Crippen LogP contribution < -0.4 is 5.32 Å². The summed E-state index contributed by atoms with van der Waals surface area (Å²) in [4.78, 5) is 22.3. The second-order valence-corrected chi connectivity index (χ2v) is 2.07. The number of nitrogens with one attached hydrogen (secondary N) is 1. The molecule has 5 nitrogen and oxygen atoms in total. The Morgan fingerprint density at radius 3 is 2.45 bits per heavy atom. The Bertz CT molecular complexity index is 158. The molecule has 0 aliphatic carbocycles. The maximum Gasteiger partial charge on any atom is 0.405 e. The Morgan fingerprint density at radius 2 is 2.09 bits per heavy atom. The second-order valence-electron chi connectivity index (χ2n) is 2.07. The fraction of sp³-hybridized carbons (Fsp3) is 0.667. The van der Waals surface area contributed by atoms with Crippen molar-refractivity contribution in [3.8, 4) is 0 Å². The van der Waals surface area contributed by atoms with Crippen LogP contribution in [0.25, 0.3) is 0 Å². The highest BCUT2D eigenvalue weighted by molar-refractivity contribution is 5.81. The molecule has 0 spiro atoms. The van der Waals surface area contributed by atoms with E-state index >= 15 is 0 Å². The fourth-order valence-corrected chi connectivity index (χ4v) is 0.463. The van der Waals surface area contributed by atoms with Gasteiger partial charge in [0.05, 0.1) is 0 Å². The standard InChI is InChI=1S/C6H12N2O3/c1-3-8(2)5(9)4-7-6(10)11/h7H,3-4H2,1-2H3,(H,10,11). The van der Waals surface area contributed by atoms with Gasteiger partial charge in [0.1, 0.15) is 6.54 Å². The second kappa shape index (κ2) is 4.54. The SMILES string of the molecule is CCN(C)C(=O)CNC(=O)O. The monoisotopic (exact) mass is 160 g/mol. The van der Waals surface area contributed by atoms with E-state index in [1.54, 1.807) is 7.05 Å². The summed E-state index contributed by atoms with van der Waals surface area (Å²) in [6, 6.07) is 0. The zero-order valence-electron chi connectivity index (χ0n) is 6.63. The topological polar surface area (TPSA) is 69.6 Å². The van der Waals surface area contributed by atoms with Crippen LogP contribution in [0.2, 0.25) is 0 Å². The Kier molecular flexibility index (Phi) is 4.02. The maximum absolute atomic E-state index is 10.9. The molecular weight excluding hydrogens is 148 g/mol. The summed E-state index contributed by atoms with van der Waals surface area (Å²) in [5.41, 5.74) is 0. The fourth-order valence-electron chi connectivity index (χ4n) is 0.463. The van der Waals surface area contributed by atoms with Crippen LogP contribution in [0.15, 0.2) is 0 Å². The van der Waals surface area contributed by atoms with Crippen molar-refractivity contribution >= 4 is 12.0 Å². The number of carbonyl (C=O) groups is 2. The van der Waals surface area contributed by atoms with Gasteiger partial charge in [-0.05, 0) is 6.92 Å². The Balaban J connectivity index is 3.60. The molecule has 11 heavy (non-hydrogen) atoms. The van der Waals surface area contributed by atoms with Crippen molar-refractivity contribution in [2.24, 2.45) is 0 Å². The summed E-state index contributed by atoms with van der Waals surface area (Å²) in [7, 11) is 1.62. The van der Waals surface area contributed by atoms with E-state index < -0.39 is 6.09 Å². The van der Waals surface area contributed by atoms with Crippen LogP contribution in [0.1, 0.15) is 6.92 Å². The average Bonchev–Trinajstić information content (AvgIpc) is 1.98. The lowest BCUT2D eigenvalue weighted by Gasteiger charge is -2.13. The normalized spacial score (nSPS) is 8.91. The maximum atomic E-state index is 10.9. The molecule has 0 atom stereocenters. The third kappa shape index (κ3) is 4.19. The van der Waals surface area contributed by atoms with Crippen molar-refractivity contribution in [3.05, 3.63) is 0 Å². The quantitative estimate of drug-likeness (QED) is 0.597. The van der Waals surface area contributed by atoms with Crippen LogP contribution >= 0.6 is 0 Å². The van der Waals surface area contributed by atoms with Crippen molar-refractivity contribution in [1.82, 2.24) is 10.2 Å². The lowest BCUT2D eigenvalue weighted by Crippen LogP contribution is -2.37. The van der Waals surface area contributed by atoms with Crippen LogP contribution in [0.3, 0.4) is 0 Å². The predicted molar refractivity (Wildman–Crippen MR) is 39.3 cm³/mol. The summed E-state index contributed by atoms with van der Waals surface area (Å²) in [6.45, 7) is 2.25. The molecule has 0 heterocycles. The number of hydrogen-bond acceptors (Lipinski definition) is 2. The van der Waals surface area contributed by atoms with Gasteiger partial charge in [0, 0.05) is 13.6 Å².